The monoisotopic (exact) mass is 257 g/mol. The largest absolute Gasteiger partial charge is 0.308 e. The van der Waals surface area contributed by atoms with E-state index in [0.29, 0.717) is 6.54 Å². The van der Waals surface area contributed by atoms with E-state index < -0.39 is 17.5 Å². The zero-order valence-electron chi connectivity index (χ0n) is 8.84. The van der Waals surface area contributed by atoms with Crippen molar-refractivity contribution in [2.75, 3.05) is 0 Å². The third kappa shape index (κ3) is 2.87. The van der Waals surface area contributed by atoms with Gasteiger partial charge in [0.15, 0.2) is 17.5 Å². The molecule has 2 aromatic rings. The highest BCUT2D eigenvalue weighted by Gasteiger charge is 2.12. The van der Waals surface area contributed by atoms with Gasteiger partial charge in [0.25, 0.3) is 0 Å². The third-order valence-corrected chi connectivity index (χ3v) is 3.19. The Bertz CT molecular complexity index is 497. The number of nitrogens with one attached hydrogen (secondary N) is 1. The van der Waals surface area contributed by atoms with Crippen LogP contribution in [0, 0.1) is 17.5 Å². The molecular weight excluding hydrogens is 247 g/mol. The Hall–Kier alpha value is -1.33. The summed E-state index contributed by atoms with van der Waals surface area (Å²) in [5.74, 6) is -3.70. The molecule has 17 heavy (non-hydrogen) atoms. The molecule has 0 aliphatic rings. The van der Waals surface area contributed by atoms with E-state index in [9.17, 15) is 13.2 Å². The fraction of sp³-hybridized carbons (Fsp3) is 0.167. The van der Waals surface area contributed by atoms with Crippen LogP contribution < -0.4 is 5.32 Å². The summed E-state index contributed by atoms with van der Waals surface area (Å²) in [6, 6.07) is 6.04. The van der Waals surface area contributed by atoms with Crippen molar-refractivity contribution < 1.29 is 13.2 Å². The average molecular weight is 257 g/mol. The third-order valence-electron chi connectivity index (χ3n) is 2.31. The maximum Gasteiger partial charge on any atom is 0.194 e. The molecule has 0 aliphatic carbocycles. The van der Waals surface area contributed by atoms with Crippen molar-refractivity contribution in [3.05, 3.63) is 57.5 Å². The van der Waals surface area contributed by atoms with E-state index >= 15 is 0 Å². The quantitative estimate of drug-likeness (QED) is 0.827. The average Bonchev–Trinajstić information content (AvgIpc) is 2.82. The van der Waals surface area contributed by atoms with Crippen molar-refractivity contribution in [1.29, 1.82) is 0 Å². The van der Waals surface area contributed by atoms with Crippen LogP contribution in [-0.2, 0) is 13.1 Å². The molecule has 90 valence electrons. The van der Waals surface area contributed by atoms with Crippen molar-refractivity contribution in [2.45, 2.75) is 13.1 Å². The first-order valence-corrected chi connectivity index (χ1v) is 5.92. The van der Waals surface area contributed by atoms with E-state index in [2.05, 4.69) is 5.32 Å². The lowest BCUT2D eigenvalue weighted by Crippen LogP contribution is -2.13. The number of rotatable bonds is 4. The normalized spacial score (nSPS) is 10.8. The van der Waals surface area contributed by atoms with Crippen LogP contribution in [0.4, 0.5) is 13.2 Å². The first-order valence-electron chi connectivity index (χ1n) is 5.04. The van der Waals surface area contributed by atoms with Crippen molar-refractivity contribution >= 4 is 11.3 Å². The van der Waals surface area contributed by atoms with E-state index in [1.54, 1.807) is 11.3 Å². The van der Waals surface area contributed by atoms with Crippen LogP contribution in [0.5, 0.6) is 0 Å². The second kappa shape index (κ2) is 5.33. The number of hydrogen-bond acceptors (Lipinski definition) is 2. The van der Waals surface area contributed by atoms with Gasteiger partial charge in [-0.3, -0.25) is 0 Å². The Labute approximate surface area is 101 Å². The second-order valence-corrected chi connectivity index (χ2v) is 4.55. The fourth-order valence-corrected chi connectivity index (χ4v) is 2.11. The molecule has 1 nitrogen and oxygen atoms in total. The van der Waals surface area contributed by atoms with E-state index in [4.69, 9.17) is 0 Å². The number of halogens is 3. The Morgan fingerprint density at radius 2 is 1.82 bits per heavy atom. The van der Waals surface area contributed by atoms with Gasteiger partial charge in [-0.15, -0.1) is 11.3 Å². The van der Waals surface area contributed by atoms with E-state index in [-0.39, 0.29) is 12.1 Å². The fourth-order valence-electron chi connectivity index (χ4n) is 1.44. The summed E-state index contributed by atoms with van der Waals surface area (Å²) >= 11 is 1.58. The lowest BCUT2D eigenvalue weighted by molar-refractivity contribution is 0.438. The van der Waals surface area contributed by atoms with Gasteiger partial charge in [-0.1, -0.05) is 12.1 Å². The molecule has 0 saturated carbocycles. The molecule has 0 bridgehead atoms. The zero-order chi connectivity index (χ0) is 12.3. The van der Waals surface area contributed by atoms with E-state index in [1.807, 2.05) is 17.5 Å². The van der Waals surface area contributed by atoms with Gasteiger partial charge in [-0.2, -0.15) is 0 Å². The molecule has 2 rings (SSSR count). The van der Waals surface area contributed by atoms with Crippen LogP contribution in [0.3, 0.4) is 0 Å². The van der Waals surface area contributed by atoms with Gasteiger partial charge in [-0.05, 0) is 17.5 Å². The van der Waals surface area contributed by atoms with E-state index in [0.717, 1.165) is 10.9 Å². The summed E-state index contributed by atoms with van der Waals surface area (Å²) < 4.78 is 38.9. The Balaban J connectivity index is 1.97. The van der Waals surface area contributed by atoms with Gasteiger partial charge in [0.2, 0.25) is 0 Å². The maximum atomic E-state index is 13.3. The molecule has 0 unspecified atom stereocenters. The molecule has 0 spiro atoms. The first-order chi connectivity index (χ1) is 8.18. The number of benzene rings is 1. The Morgan fingerprint density at radius 3 is 2.53 bits per heavy atom. The second-order valence-electron chi connectivity index (χ2n) is 3.52. The maximum absolute atomic E-state index is 13.3. The molecule has 0 amide bonds. The molecule has 1 aromatic heterocycles. The molecule has 0 radical (unpaired) electrons. The lowest BCUT2D eigenvalue weighted by atomic mass is 10.2. The molecule has 0 atom stereocenters. The van der Waals surface area contributed by atoms with Gasteiger partial charge < -0.3 is 5.32 Å². The predicted octanol–water partition coefficient (Wildman–Crippen LogP) is 3.46. The molecule has 1 N–H and O–H groups in total. The lowest BCUT2D eigenvalue weighted by Gasteiger charge is -2.05. The number of hydrogen-bond donors (Lipinski definition) is 1. The van der Waals surface area contributed by atoms with Gasteiger partial charge in [0, 0.05) is 23.5 Å². The highest BCUT2D eigenvalue weighted by atomic mass is 32.1. The molecule has 0 saturated heterocycles. The van der Waals surface area contributed by atoms with Crippen molar-refractivity contribution in [2.24, 2.45) is 0 Å². The summed E-state index contributed by atoms with van der Waals surface area (Å²) in [5.41, 5.74) is 0.125. The summed E-state index contributed by atoms with van der Waals surface area (Å²) in [6.07, 6.45) is 0. The minimum Gasteiger partial charge on any atom is -0.308 e. The smallest absolute Gasteiger partial charge is 0.194 e. The molecule has 0 aliphatic heterocycles. The molecular formula is C12H10F3NS. The zero-order valence-corrected chi connectivity index (χ0v) is 9.66. The molecule has 1 heterocycles. The van der Waals surface area contributed by atoms with Gasteiger partial charge in [0.1, 0.15) is 0 Å². The van der Waals surface area contributed by atoms with Gasteiger partial charge >= 0.3 is 0 Å². The van der Waals surface area contributed by atoms with Crippen LogP contribution >= 0.6 is 11.3 Å². The summed E-state index contributed by atoms with van der Waals surface area (Å²) in [6.45, 7) is 0.747. The van der Waals surface area contributed by atoms with E-state index in [1.165, 1.54) is 6.07 Å². The highest BCUT2D eigenvalue weighted by molar-refractivity contribution is 7.09. The van der Waals surface area contributed by atoms with Crippen LogP contribution in [0.1, 0.15) is 10.4 Å². The summed E-state index contributed by atoms with van der Waals surface area (Å²) in [4.78, 5) is 1.10. The van der Waals surface area contributed by atoms with Crippen LogP contribution in [0.25, 0.3) is 0 Å². The SMILES string of the molecule is Fc1ccc(CNCc2cccs2)c(F)c1F. The predicted molar refractivity (Wildman–Crippen MR) is 61.2 cm³/mol. The highest BCUT2D eigenvalue weighted by Crippen LogP contribution is 2.15. The Kier molecular flexibility index (Phi) is 3.81. The molecule has 0 fully saturated rings. The standard InChI is InChI=1S/C12H10F3NS/c13-10-4-3-8(11(14)12(10)15)6-16-7-9-2-1-5-17-9/h1-5,16H,6-7H2. The Morgan fingerprint density at radius 1 is 1.00 bits per heavy atom. The number of thiophene rings is 1. The van der Waals surface area contributed by atoms with Crippen LogP contribution in [0.2, 0.25) is 0 Å². The summed E-state index contributed by atoms with van der Waals surface area (Å²) in [7, 11) is 0. The summed E-state index contributed by atoms with van der Waals surface area (Å²) in [5, 5.41) is 4.91. The molecule has 1 aromatic carbocycles. The first kappa shape index (κ1) is 12.1. The minimum absolute atomic E-state index is 0.125. The topological polar surface area (TPSA) is 12.0 Å². The van der Waals surface area contributed by atoms with Gasteiger partial charge in [-0.25, -0.2) is 13.2 Å². The van der Waals surface area contributed by atoms with Crippen molar-refractivity contribution in [3.8, 4) is 0 Å². The van der Waals surface area contributed by atoms with Crippen molar-refractivity contribution in [3.63, 3.8) is 0 Å². The molecule has 5 heteroatoms. The van der Waals surface area contributed by atoms with Gasteiger partial charge in [0.05, 0.1) is 0 Å². The van der Waals surface area contributed by atoms with Crippen molar-refractivity contribution in [1.82, 2.24) is 5.32 Å². The minimum atomic E-state index is -1.42. The van der Waals surface area contributed by atoms with Crippen LogP contribution in [0.15, 0.2) is 29.6 Å². The van der Waals surface area contributed by atoms with Crippen LogP contribution in [-0.4, -0.2) is 0 Å².